The van der Waals surface area contributed by atoms with Crippen molar-refractivity contribution in [1.82, 2.24) is 5.32 Å². The molecule has 1 amide bonds. The van der Waals surface area contributed by atoms with Crippen molar-refractivity contribution in [3.8, 4) is 0 Å². The molecule has 0 aliphatic rings. The number of hydrogen-bond donors (Lipinski definition) is 2. The van der Waals surface area contributed by atoms with Gasteiger partial charge in [0.15, 0.2) is 0 Å². The number of halogens is 1. The van der Waals surface area contributed by atoms with E-state index in [1.165, 1.54) is 6.07 Å². The monoisotopic (exact) mass is 379 g/mol. The third kappa shape index (κ3) is 3.82. The van der Waals surface area contributed by atoms with Gasteiger partial charge in [0, 0.05) is 4.47 Å². The van der Waals surface area contributed by atoms with Gasteiger partial charge in [0.2, 0.25) is 5.91 Å². The van der Waals surface area contributed by atoms with Gasteiger partial charge in [-0.3, -0.25) is 4.79 Å². The number of carbonyl (C=O) groups is 2. The van der Waals surface area contributed by atoms with Gasteiger partial charge in [-0.25, -0.2) is 4.79 Å². The molecule has 0 saturated carbocycles. The molecule has 0 atom stereocenters. The Bertz CT molecular complexity index is 749. The summed E-state index contributed by atoms with van der Waals surface area (Å²) in [7, 11) is 0. The first-order valence-corrected chi connectivity index (χ1v) is 7.88. The Morgan fingerprint density at radius 2 is 2.00 bits per heavy atom. The van der Waals surface area contributed by atoms with Crippen LogP contribution < -0.4 is 5.32 Å². The maximum Gasteiger partial charge on any atom is 0.339 e. The van der Waals surface area contributed by atoms with Gasteiger partial charge >= 0.3 is 5.97 Å². The highest BCUT2D eigenvalue weighted by Crippen LogP contribution is 2.26. The van der Waals surface area contributed by atoms with Crippen molar-refractivity contribution in [2.45, 2.75) is 32.7 Å². The van der Waals surface area contributed by atoms with Gasteiger partial charge in [-0.15, -0.1) is 0 Å². The Labute approximate surface area is 142 Å². The summed E-state index contributed by atoms with van der Waals surface area (Å²) in [4.78, 5) is 23.5. The summed E-state index contributed by atoms with van der Waals surface area (Å²) in [6.45, 7) is 5.39. The second kappa shape index (κ2) is 6.58. The van der Waals surface area contributed by atoms with Crippen LogP contribution in [0.25, 0.3) is 0 Å². The summed E-state index contributed by atoms with van der Waals surface area (Å²) < 4.78 is 6.27. The van der Waals surface area contributed by atoms with E-state index in [2.05, 4.69) is 21.2 Å². The van der Waals surface area contributed by atoms with Crippen LogP contribution in [0.1, 0.15) is 41.3 Å². The van der Waals surface area contributed by atoms with E-state index in [0.717, 1.165) is 10.0 Å². The normalized spacial score (nSPS) is 11.3. The van der Waals surface area contributed by atoms with Crippen LogP contribution in [-0.4, -0.2) is 17.0 Å². The third-order valence-corrected chi connectivity index (χ3v) is 4.23. The van der Waals surface area contributed by atoms with Crippen molar-refractivity contribution in [1.29, 1.82) is 0 Å². The molecular weight excluding hydrogens is 362 g/mol. The lowest BCUT2D eigenvalue weighted by Crippen LogP contribution is -2.39. The quantitative estimate of drug-likeness (QED) is 0.830. The number of benzene rings is 1. The summed E-state index contributed by atoms with van der Waals surface area (Å²) in [6, 6.07) is 9.01. The maximum atomic E-state index is 12.5. The molecule has 0 aliphatic carbocycles. The molecular formula is C17H18BrNO4. The molecule has 6 heteroatoms. The van der Waals surface area contributed by atoms with Crippen LogP contribution in [0, 0.1) is 6.92 Å². The fraction of sp³-hybridized carbons (Fsp3) is 0.294. The van der Waals surface area contributed by atoms with E-state index in [-0.39, 0.29) is 18.0 Å². The molecule has 0 unspecified atom stereocenters. The van der Waals surface area contributed by atoms with Crippen LogP contribution in [0.3, 0.4) is 0 Å². The van der Waals surface area contributed by atoms with Crippen molar-refractivity contribution in [2.24, 2.45) is 0 Å². The lowest BCUT2D eigenvalue weighted by Gasteiger charge is -2.24. The summed E-state index contributed by atoms with van der Waals surface area (Å²) in [6.07, 6.45) is 0. The topological polar surface area (TPSA) is 79.5 Å². The van der Waals surface area contributed by atoms with E-state index in [1.807, 2.05) is 38.1 Å². The molecule has 0 saturated heterocycles. The Balaban J connectivity index is 2.09. The maximum absolute atomic E-state index is 12.5. The van der Waals surface area contributed by atoms with E-state index in [4.69, 9.17) is 9.52 Å². The number of rotatable bonds is 5. The van der Waals surface area contributed by atoms with E-state index < -0.39 is 11.4 Å². The van der Waals surface area contributed by atoms with Crippen LogP contribution in [0.2, 0.25) is 0 Å². The number of aryl methyl sites for hydroxylation is 1. The van der Waals surface area contributed by atoms with E-state index >= 15 is 0 Å². The Kier molecular flexibility index (Phi) is 4.94. The molecule has 0 aliphatic heterocycles. The average Bonchev–Trinajstić information content (AvgIpc) is 2.86. The molecule has 122 valence electrons. The molecule has 2 aromatic rings. The van der Waals surface area contributed by atoms with Crippen LogP contribution in [0.15, 0.2) is 39.2 Å². The average molecular weight is 380 g/mol. The van der Waals surface area contributed by atoms with Crippen LogP contribution in [0.4, 0.5) is 0 Å². The SMILES string of the molecule is Cc1oc(CNC(=O)C(C)(C)c2cccc(Br)c2)cc1C(=O)O. The molecule has 5 nitrogen and oxygen atoms in total. The summed E-state index contributed by atoms with van der Waals surface area (Å²) in [5.41, 5.74) is 0.271. The number of hydrogen-bond acceptors (Lipinski definition) is 3. The lowest BCUT2D eigenvalue weighted by atomic mass is 9.84. The Morgan fingerprint density at radius 1 is 1.30 bits per heavy atom. The van der Waals surface area contributed by atoms with Gasteiger partial charge < -0.3 is 14.8 Å². The van der Waals surface area contributed by atoms with Crippen molar-refractivity contribution in [2.75, 3.05) is 0 Å². The van der Waals surface area contributed by atoms with E-state index in [0.29, 0.717) is 11.5 Å². The zero-order chi connectivity index (χ0) is 17.2. The minimum Gasteiger partial charge on any atom is -0.478 e. The smallest absolute Gasteiger partial charge is 0.339 e. The fourth-order valence-electron chi connectivity index (χ4n) is 2.24. The summed E-state index contributed by atoms with van der Waals surface area (Å²) >= 11 is 3.40. The minimum atomic E-state index is -1.04. The van der Waals surface area contributed by atoms with Gasteiger partial charge in [-0.2, -0.15) is 0 Å². The van der Waals surface area contributed by atoms with Gasteiger partial charge in [0.25, 0.3) is 0 Å². The summed E-state index contributed by atoms with van der Waals surface area (Å²) in [5.74, 6) is -0.467. The number of amides is 1. The van der Waals surface area contributed by atoms with Crippen molar-refractivity contribution >= 4 is 27.8 Å². The second-order valence-electron chi connectivity index (χ2n) is 5.81. The highest BCUT2D eigenvalue weighted by molar-refractivity contribution is 9.10. The summed E-state index contributed by atoms with van der Waals surface area (Å²) in [5, 5.41) is 11.8. The second-order valence-corrected chi connectivity index (χ2v) is 6.72. The number of nitrogens with one attached hydrogen (secondary N) is 1. The van der Waals surface area contributed by atoms with E-state index in [9.17, 15) is 9.59 Å². The molecule has 1 aromatic heterocycles. The minimum absolute atomic E-state index is 0.112. The highest BCUT2D eigenvalue weighted by atomic mass is 79.9. The molecule has 0 bridgehead atoms. The number of aromatic carboxylic acids is 1. The molecule has 0 spiro atoms. The van der Waals surface area contributed by atoms with Crippen molar-refractivity contribution in [3.63, 3.8) is 0 Å². The largest absolute Gasteiger partial charge is 0.478 e. The van der Waals surface area contributed by atoms with Crippen LogP contribution in [0.5, 0.6) is 0 Å². The molecule has 1 heterocycles. The molecule has 0 radical (unpaired) electrons. The van der Waals surface area contributed by atoms with Gasteiger partial charge in [0.05, 0.1) is 12.0 Å². The van der Waals surface area contributed by atoms with Gasteiger partial charge in [-0.1, -0.05) is 28.1 Å². The first-order valence-electron chi connectivity index (χ1n) is 7.08. The van der Waals surface area contributed by atoms with Crippen molar-refractivity contribution < 1.29 is 19.1 Å². The number of carboxylic acid groups (broad SMARTS) is 1. The van der Waals surface area contributed by atoms with Crippen LogP contribution >= 0.6 is 15.9 Å². The first-order chi connectivity index (χ1) is 10.7. The first kappa shape index (κ1) is 17.3. The van der Waals surface area contributed by atoms with Gasteiger partial charge in [0.1, 0.15) is 17.1 Å². The molecule has 1 aromatic carbocycles. The lowest BCUT2D eigenvalue weighted by molar-refractivity contribution is -0.125. The molecule has 2 N–H and O–H groups in total. The number of furan rings is 1. The Morgan fingerprint density at radius 3 is 2.57 bits per heavy atom. The fourth-order valence-corrected chi connectivity index (χ4v) is 2.64. The number of carbonyl (C=O) groups excluding carboxylic acids is 1. The molecule has 23 heavy (non-hydrogen) atoms. The third-order valence-electron chi connectivity index (χ3n) is 3.74. The van der Waals surface area contributed by atoms with Crippen molar-refractivity contribution in [3.05, 3.63) is 57.5 Å². The van der Waals surface area contributed by atoms with Gasteiger partial charge in [-0.05, 0) is 44.5 Å². The highest BCUT2D eigenvalue weighted by Gasteiger charge is 2.30. The number of carboxylic acids is 1. The predicted molar refractivity (Wildman–Crippen MR) is 89.4 cm³/mol. The molecule has 0 fully saturated rings. The van der Waals surface area contributed by atoms with Crippen LogP contribution in [-0.2, 0) is 16.8 Å². The zero-order valence-electron chi connectivity index (χ0n) is 13.1. The zero-order valence-corrected chi connectivity index (χ0v) is 14.7. The predicted octanol–water partition coefficient (Wildman–Crippen LogP) is 3.64. The standard InChI is InChI=1S/C17H18BrNO4/c1-10-14(15(20)21)8-13(23-10)9-19-16(22)17(2,3)11-5-4-6-12(18)7-11/h4-8H,9H2,1-3H3,(H,19,22)(H,20,21). The molecule has 2 rings (SSSR count). The van der Waals surface area contributed by atoms with E-state index in [1.54, 1.807) is 6.92 Å². The Hall–Kier alpha value is -2.08.